The number of halogens is 1. The van der Waals surface area contributed by atoms with Gasteiger partial charge >= 0.3 is 0 Å². The Hall–Kier alpha value is -3.06. The van der Waals surface area contributed by atoms with Crippen molar-refractivity contribution >= 4 is 16.8 Å². The van der Waals surface area contributed by atoms with Crippen LogP contribution in [0.1, 0.15) is 51.5 Å². The molecule has 0 radical (unpaired) electrons. The Kier molecular flexibility index (Phi) is 5.87. The zero-order valence-electron chi connectivity index (χ0n) is 18.0. The Bertz CT molecular complexity index is 1210. The van der Waals surface area contributed by atoms with Crippen molar-refractivity contribution in [3.63, 3.8) is 0 Å². The monoisotopic (exact) mass is 423 g/mol. The molecule has 0 aliphatic carbocycles. The minimum atomic E-state index is -0.560. The standard InChI is InChI=1S/C24H26FN3O3/c1-14-15(2)22-20(24(30)28(13-27-22)18-6-8-31-9-7-18)12-17(14)10-16-4-5-19(21(25)11-16)23(29)26-3/h4-5,11-13,18H,6-10H2,1-3H3,(H,26,29). The zero-order valence-corrected chi connectivity index (χ0v) is 18.0. The van der Waals surface area contributed by atoms with Gasteiger partial charge in [-0.3, -0.25) is 14.2 Å². The van der Waals surface area contributed by atoms with Crippen LogP contribution in [-0.4, -0.2) is 35.7 Å². The number of carbonyl (C=O) groups excluding carboxylic acids is 1. The van der Waals surface area contributed by atoms with Crippen molar-refractivity contribution in [2.75, 3.05) is 20.3 Å². The molecular formula is C24H26FN3O3. The van der Waals surface area contributed by atoms with E-state index in [0.29, 0.717) is 30.5 Å². The number of hydrogen-bond donors (Lipinski definition) is 1. The van der Waals surface area contributed by atoms with E-state index in [1.165, 1.54) is 19.2 Å². The lowest BCUT2D eigenvalue weighted by atomic mass is 9.94. The van der Waals surface area contributed by atoms with E-state index in [1.807, 2.05) is 19.9 Å². The SMILES string of the molecule is CNC(=O)c1ccc(Cc2cc3c(=O)n(C4CCOCC4)cnc3c(C)c2C)cc1F. The Morgan fingerprint density at radius 1 is 1.23 bits per heavy atom. The number of benzene rings is 2. The van der Waals surface area contributed by atoms with Crippen molar-refractivity contribution in [3.8, 4) is 0 Å². The molecule has 1 aliphatic rings. The Balaban J connectivity index is 1.75. The second-order valence-corrected chi connectivity index (χ2v) is 8.05. The van der Waals surface area contributed by atoms with Gasteiger partial charge in [-0.05, 0) is 73.6 Å². The van der Waals surface area contributed by atoms with Gasteiger partial charge in [0, 0.05) is 26.3 Å². The van der Waals surface area contributed by atoms with E-state index in [9.17, 15) is 14.0 Å². The van der Waals surface area contributed by atoms with Crippen LogP contribution in [0.2, 0.25) is 0 Å². The molecule has 1 aliphatic heterocycles. The van der Waals surface area contributed by atoms with Gasteiger partial charge in [-0.1, -0.05) is 6.07 Å². The van der Waals surface area contributed by atoms with Crippen LogP contribution in [0.4, 0.5) is 4.39 Å². The number of ether oxygens (including phenoxy) is 1. The average Bonchev–Trinajstić information content (AvgIpc) is 2.78. The fourth-order valence-electron chi connectivity index (χ4n) is 4.23. The Labute approximate surface area is 180 Å². The van der Waals surface area contributed by atoms with Crippen LogP contribution >= 0.6 is 0 Å². The number of fused-ring (bicyclic) bond motifs is 1. The maximum Gasteiger partial charge on any atom is 0.261 e. The Morgan fingerprint density at radius 2 is 1.97 bits per heavy atom. The van der Waals surface area contributed by atoms with Crippen molar-refractivity contribution < 1.29 is 13.9 Å². The first-order valence-electron chi connectivity index (χ1n) is 10.5. The van der Waals surface area contributed by atoms with Gasteiger partial charge in [0.25, 0.3) is 11.5 Å². The van der Waals surface area contributed by atoms with E-state index in [-0.39, 0.29) is 17.2 Å². The summed E-state index contributed by atoms with van der Waals surface area (Å²) in [6.45, 7) is 5.24. The molecule has 1 amide bonds. The highest BCUT2D eigenvalue weighted by Crippen LogP contribution is 2.26. The van der Waals surface area contributed by atoms with Crippen LogP contribution in [0.25, 0.3) is 10.9 Å². The first-order chi connectivity index (χ1) is 14.9. The van der Waals surface area contributed by atoms with Gasteiger partial charge < -0.3 is 10.1 Å². The predicted molar refractivity (Wildman–Crippen MR) is 117 cm³/mol. The van der Waals surface area contributed by atoms with Gasteiger partial charge in [0.15, 0.2) is 0 Å². The topological polar surface area (TPSA) is 73.2 Å². The molecule has 7 heteroatoms. The lowest BCUT2D eigenvalue weighted by Gasteiger charge is -2.24. The van der Waals surface area contributed by atoms with Crippen LogP contribution in [0.15, 0.2) is 35.4 Å². The summed E-state index contributed by atoms with van der Waals surface area (Å²) < 4.78 is 21.6. The van der Waals surface area contributed by atoms with Gasteiger partial charge in [-0.15, -0.1) is 0 Å². The molecule has 0 bridgehead atoms. The summed E-state index contributed by atoms with van der Waals surface area (Å²) in [6.07, 6.45) is 3.70. The highest BCUT2D eigenvalue weighted by Gasteiger charge is 2.20. The number of nitrogens with zero attached hydrogens (tertiary/aromatic N) is 2. The summed E-state index contributed by atoms with van der Waals surface area (Å²) >= 11 is 0. The molecule has 1 N–H and O–H groups in total. The average molecular weight is 423 g/mol. The first kappa shape index (κ1) is 21.2. The van der Waals surface area contributed by atoms with Crippen molar-refractivity contribution in [3.05, 3.63) is 74.6 Å². The third kappa shape index (κ3) is 3.97. The normalized spacial score (nSPS) is 14.7. The molecule has 3 aromatic rings. The molecule has 1 saturated heterocycles. The molecule has 2 heterocycles. The number of nitrogens with one attached hydrogen (secondary N) is 1. The number of amides is 1. The van der Waals surface area contributed by atoms with Gasteiger partial charge in [-0.2, -0.15) is 0 Å². The fourth-order valence-corrected chi connectivity index (χ4v) is 4.23. The quantitative estimate of drug-likeness (QED) is 0.698. The lowest BCUT2D eigenvalue weighted by Crippen LogP contribution is -2.29. The lowest BCUT2D eigenvalue weighted by molar-refractivity contribution is 0.0685. The zero-order chi connectivity index (χ0) is 22.1. The van der Waals surface area contributed by atoms with Gasteiger partial charge in [0.1, 0.15) is 5.82 Å². The minimum Gasteiger partial charge on any atom is -0.381 e. The first-order valence-corrected chi connectivity index (χ1v) is 10.5. The number of rotatable bonds is 4. The molecule has 1 fully saturated rings. The molecule has 162 valence electrons. The predicted octanol–water partition coefficient (Wildman–Crippen LogP) is 3.45. The summed E-state index contributed by atoms with van der Waals surface area (Å²) in [5, 5.41) is 3.01. The second-order valence-electron chi connectivity index (χ2n) is 8.05. The van der Waals surface area contributed by atoms with Gasteiger partial charge in [0.05, 0.1) is 22.8 Å². The molecule has 31 heavy (non-hydrogen) atoms. The van der Waals surface area contributed by atoms with Crippen molar-refractivity contribution in [2.24, 2.45) is 0 Å². The van der Waals surface area contributed by atoms with Gasteiger partial charge in [0.2, 0.25) is 0 Å². The summed E-state index contributed by atoms with van der Waals surface area (Å²) in [5.74, 6) is -1.02. The van der Waals surface area contributed by atoms with E-state index < -0.39 is 11.7 Å². The molecule has 0 spiro atoms. The maximum atomic E-state index is 14.4. The van der Waals surface area contributed by atoms with Crippen LogP contribution in [-0.2, 0) is 11.2 Å². The molecule has 2 aromatic carbocycles. The minimum absolute atomic E-state index is 0.0150. The largest absolute Gasteiger partial charge is 0.381 e. The smallest absolute Gasteiger partial charge is 0.261 e. The molecule has 6 nitrogen and oxygen atoms in total. The van der Waals surface area contributed by atoms with E-state index >= 15 is 0 Å². The molecule has 0 unspecified atom stereocenters. The third-order valence-corrected chi connectivity index (χ3v) is 6.23. The number of hydrogen-bond acceptors (Lipinski definition) is 4. The van der Waals surface area contributed by atoms with Crippen molar-refractivity contribution in [1.82, 2.24) is 14.9 Å². The van der Waals surface area contributed by atoms with Crippen molar-refractivity contribution in [2.45, 2.75) is 39.2 Å². The summed E-state index contributed by atoms with van der Waals surface area (Å²) in [7, 11) is 1.47. The molecule has 1 aromatic heterocycles. The van der Waals surface area contributed by atoms with E-state index in [4.69, 9.17) is 4.74 Å². The van der Waals surface area contributed by atoms with E-state index in [1.54, 1.807) is 17.0 Å². The molecule has 4 rings (SSSR count). The number of aromatic nitrogens is 2. The highest BCUT2D eigenvalue weighted by atomic mass is 19.1. The molecule has 0 atom stereocenters. The van der Waals surface area contributed by atoms with Crippen molar-refractivity contribution in [1.29, 1.82) is 0 Å². The maximum absolute atomic E-state index is 14.4. The highest BCUT2D eigenvalue weighted by molar-refractivity contribution is 5.94. The van der Waals surface area contributed by atoms with Crippen LogP contribution in [0.5, 0.6) is 0 Å². The van der Waals surface area contributed by atoms with Crippen LogP contribution in [0, 0.1) is 19.7 Å². The van der Waals surface area contributed by atoms with E-state index in [0.717, 1.165) is 35.1 Å². The number of carbonyl (C=O) groups is 1. The fraction of sp³-hybridized carbons (Fsp3) is 0.375. The summed E-state index contributed by atoms with van der Waals surface area (Å²) in [5.41, 5.74) is 4.32. The number of aryl methyl sites for hydroxylation is 1. The van der Waals surface area contributed by atoms with Gasteiger partial charge in [-0.25, -0.2) is 9.37 Å². The van der Waals surface area contributed by atoms with E-state index in [2.05, 4.69) is 10.3 Å². The summed E-state index contributed by atoms with van der Waals surface area (Å²) in [6, 6.07) is 6.60. The Morgan fingerprint density at radius 3 is 2.65 bits per heavy atom. The summed E-state index contributed by atoms with van der Waals surface area (Å²) in [4.78, 5) is 29.6. The molecule has 0 saturated carbocycles. The van der Waals surface area contributed by atoms with Crippen LogP contribution in [0.3, 0.4) is 0 Å². The van der Waals surface area contributed by atoms with Crippen LogP contribution < -0.4 is 10.9 Å². The molecular weight excluding hydrogens is 397 g/mol. The third-order valence-electron chi connectivity index (χ3n) is 6.23. The second kappa shape index (κ2) is 8.59.